The van der Waals surface area contributed by atoms with E-state index in [1.807, 2.05) is 0 Å². The Bertz CT molecular complexity index is 427. The number of halogens is 4. The fourth-order valence-electron chi connectivity index (χ4n) is 1.29. The smallest absolute Gasteiger partial charge is 0.405 e. The van der Waals surface area contributed by atoms with Gasteiger partial charge >= 0.3 is 6.36 Å². The van der Waals surface area contributed by atoms with Gasteiger partial charge in [0.2, 0.25) is 0 Å². The number of Topliss-reactive ketones (excluding diaryl/α,β-unsaturated/α-hetero) is 1. The molecule has 0 amide bonds. The van der Waals surface area contributed by atoms with Crippen LogP contribution < -0.4 is 4.74 Å². The van der Waals surface area contributed by atoms with Crippen LogP contribution in [0.4, 0.5) is 13.2 Å². The summed E-state index contributed by atoms with van der Waals surface area (Å²) in [5, 5.41) is 0. The molecule has 0 fully saturated rings. The minimum atomic E-state index is -4.77. The molecular weight excluding hydrogens is 289 g/mol. The molecule has 1 rings (SSSR count). The molecule has 0 spiro atoms. The van der Waals surface area contributed by atoms with Crippen LogP contribution in [0.1, 0.15) is 22.8 Å². The normalized spacial score (nSPS) is 11.4. The van der Waals surface area contributed by atoms with Crippen LogP contribution in [-0.2, 0) is 0 Å². The summed E-state index contributed by atoms with van der Waals surface area (Å²) in [5.41, 5.74) is 0.788. The third-order valence-corrected chi connectivity index (χ3v) is 2.68. The minimum absolute atomic E-state index is 0.0253. The molecule has 0 bridgehead atoms. The van der Waals surface area contributed by atoms with Crippen molar-refractivity contribution in [1.29, 1.82) is 0 Å². The second kappa shape index (κ2) is 4.45. The largest absolute Gasteiger partial charge is 0.573 e. The summed E-state index contributed by atoms with van der Waals surface area (Å²) < 4.78 is 39.9. The second-order valence-corrected chi connectivity index (χ2v) is 3.97. The molecule has 0 aliphatic rings. The zero-order chi connectivity index (χ0) is 12.5. The lowest BCUT2D eigenvalue weighted by molar-refractivity contribution is -0.274. The van der Waals surface area contributed by atoms with Crippen molar-refractivity contribution in [2.75, 3.05) is 0 Å². The van der Waals surface area contributed by atoms with E-state index < -0.39 is 12.1 Å². The van der Waals surface area contributed by atoms with Gasteiger partial charge in [0.25, 0.3) is 0 Å². The van der Waals surface area contributed by atoms with E-state index in [-0.39, 0.29) is 15.8 Å². The molecule has 0 heterocycles. The molecule has 0 unspecified atom stereocenters. The van der Waals surface area contributed by atoms with Gasteiger partial charge in [0, 0.05) is 5.56 Å². The van der Waals surface area contributed by atoms with E-state index in [1.54, 1.807) is 6.92 Å². The third kappa shape index (κ3) is 2.98. The van der Waals surface area contributed by atoms with Crippen molar-refractivity contribution in [2.45, 2.75) is 20.2 Å². The van der Waals surface area contributed by atoms with Crippen molar-refractivity contribution >= 4 is 21.7 Å². The van der Waals surface area contributed by atoms with E-state index in [4.69, 9.17) is 0 Å². The molecule has 0 radical (unpaired) electrons. The average Bonchev–Trinajstić information content (AvgIpc) is 2.07. The SMILES string of the molecule is CC(=O)c1c(C)ccc(OC(F)(F)F)c1Br. The summed E-state index contributed by atoms with van der Waals surface area (Å²) >= 11 is 2.94. The van der Waals surface area contributed by atoms with Gasteiger partial charge in [-0.1, -0.05) is 6.07 Å². The highest BCUT2D eigenvalue weighted by molar-refractivity contribution is 9.10. The van der Waals surface area contributed by atoms with Crippen LogP contribution in [0.25, 0.3) is 0 Å². The van der Waals surface area contributed by atoms with Crippen LogP contribution in [-0.4, -0.2) is 12.1 Å². The maximum Gasteiger partial charge on any atom is 0.573 e. The number of alkyl halides is 3. The maximum atomic E-state index is 12.0. The molecule has 6 heteroatoms. The van der Waals surface area contributed by atoms with E-state index in [1.165, 1.54) is 19.1 Å². The van der Waals surface area contributed by atoms with Crippen LogP contribution in [0, 0.1) is 6.92 Å². The Morgan fingerprint density at radius 2 is 1.94 bits per heavy atom. The monoisotopic (exact) mass is 296 g/mol. The lowest BCUT2D eigenvalue weighted by Gasteiger charge is -2.13. The number of hydrogen-bond acceptors (Lipinski definition) is 2. The maximum absolute atomic E-state index is 12.0. The fourth-order valence-corrected chi connectivity index (χ4v) is 2.09. The number of benzene rings is 1. The summed E-state index contributed by atoms with van der Waals surface area (Å²) in [6.45, 7) is 2.92. The number of rotatable bonds is 2. The van der Waals surface area contributed by atoms with Crippen molar-refractivity contribution in [2.24, 2.45) is 0 Å². The molecule has 0 saturated heterocycles. The predicted molar refractivity (Wildman–Crippen MR) is 55.6 cm³/mol. The van der Waals surface area contributed by atoms with Gasteiger partial charge in [-0.05, 0) is 41.4 Å². The number of carbonyl (C=O) groups excluding carboxylic acids is 1. The number of ether oxygens (including phenoxy) is 1. The molecule has 2 nitrogen and oxygen atoms in total. The van der Waals surface area contributed by atoms with Gasteiger partial charge in [-0.2, -0.15) is 0 Å². The van der Waals surface area contributed by atoms with Gasteiger partial charge in [-0.15, -0.1) is 13.2 Å². The van der Waals surface area contributed by atoms with E-state index in [9.17, 15) is 18.0 Å². The first-order valence-corrected chi connectivity index (χ1v) is 5.07. The van der Waals surface area contributed by atoms with Crippen LogP contribution in [0.5, 0.6) is 5.75 Å². The van der Waals surface area contributed by atoms with Gasteiger partial charge in [-0.3, -0.25) is 4.79 Å². The van der Waals surface area contributed by atoms with Crippen LogP contribution in [0.2, 0.25) is 0 Å². The highest BCUT2D eigenvalue weighted by Gasteiger charge is 2.32. The van der Waals surface area contributed by atoms with Gasteiger partial charge in [0.05, 0.1) is 4.47 Å². The molecule has 16 heavy (non-hydrogen) atoms. The Hall–Kier alpha value is -1.04. The molecule has 1 aromatic rings. The number of ketones is 1. The van der Waals surface area contributed by atoms with Crippen molar-refractivity contribution in [1.82, 2.24) is 0 Å². The number of aryl methyl sites for hydroxylation is 1. The Morgan fingerprint density at radius 3 is 2.38 bits per heavy atom. The zero-order valence-electron chi connectivity index (χ0n) is 8.48. The molecule has 0 aliphatic carbocycles. The molecule has 0 atom stereocenters. The summed E-state index contributed by atoms with van der Waals surface area (Å²) in [6.07, 6.45) is -4.77. The standard InChI is InChI=1S/C10H8BrF3O2/c1-5-3-4-7(16-10(12,13)14)9(11)8(5)6(2)15/h3-4H,1-2H3. The van der Waals surface area contributed by atoms with E-state index >= 15 is 0 Å². The molecule has 0 N–H and O–H groups in total. The Morgan fingerprint density at radius 1 is 1.38 bits per heavy atom. The highest BCUT2D eigenvalue weighted by Crippen LogP contribution is 2.34. The lowest BCUT2D eigenvalue weighted by Crippen LogP contribution is -2.18. The summed E-state index contributed by atoms with van der Waals surface area (Å²) in [4.78, 5) is 11.2. The first-order valence-electron chi connectivity index (χ1n) is 4.28. The van der Waals surface area contributed by atoms with Gasteiger partial charge in [0.1, 0.15) is 5.75 Å². The zero-order valence-corrected chi connectivity index (χ0v) is 10.1. The van der Waals surface area contributed by atoms with Crippen LogP contribution >= 0.6 is 15.9 Å². The highest BCUT2D eigenvalue weighted by atomic mass is 79.9. The summed E-state index contributed by atoms with van der Waals surface area (Å²) in [7, 11) is 0. The average molecular weight is 297 g/mol. The van der Waals surface area contributed by atoms with Crippen molar-refractivity contribution in [3.8, 4) is 5.75 Å². The molecule has 0 aromatic heterocycles. The predicted octanol–water partition coefficient (Wildman–Crippen LogP) is 3.86. The van der Waals surface area contributed by atoms with E-state index in [0.29, 0.717) is 5.56 Å². The van der Waals surface area contributed by atoms with Crippen LogP contribution in [0.3, 0.4) is 0 Å². The quantitative estimate of drug-likeness (QED) is 0.775. The van der Waals surface area contributed by atoms with Gasteiger partial charge in [-0.25, -0.2) is 0 Å². The molecular formula is C10H8BrF3O2. The van der Waals surface area contributed by atoms with Gasteiger partial charge < -0.3 is 4.74 Å². The Labute approximate surface area is 98.5 Å². The number of carbonyl (C=O) groups is 1. The molecule has 1 aromatic carbocycles. The third-order valence-electron chi connectivity index (χ3n) is 1.89. The molecule has 0 aliphatic heterocycles. The van der Waals surface area contributed by atoms with E-state index in [2.05, 4.69) is 20.7 Å². The van der Waals surface area contributed by atoms with Crippen molar-refractivity contribution in [3.63, 3.8) is 0 Å². The second-order valence-electron chi connectivity index (χ2n) is 3.17. The van der Waals surface area contributed by atoms with Crippen LogP contribution in [0.15, 0.2) is 16.6 Å². The Kier molecular flexibility index (Phi) is 3.62. The van der Waals surface area contributed by atoms with Crippen molar-refractivity contribution < 1.29 is 22.7 Å². The first-order chi connectivity index (χ1) is 7.22. The van der Waals surface area contributed by atoms with Gasteiger partial charge in [0.15, 0.2) is 5.78 Å². The van der Waals surface area contributed by atoms with E-state index in [0.717, 1.165) is 0 Å². The van der Waals surface area contributed by atoms with Crippen molar-refractivity contribution in [3.05, 3.63) is 27.7 Å². The summed E-state index contributed by atoms with van der Waals surface area (Å²) in [5.74, 6) is -0.736. The molecule has 88 valence electrons. The first kappa shape index (κ1) is 13.0. The lowest BCUT2D eigenvalue weighted by atomic mass is 10.1. The topological polar surface area (TPSA) is 26.3 Å². The minimum Gasteiger partial charge on any atom is -0.405 e. The Balaban J connectivity index is 3.24. The summed E-state index contributed by atoms with van der Waals surface area (Å²) in [6, 6.07) is 2.57. The fraction of sp³-hybridized carbons (Fsp3) is 0.300. The number of hydrogen-bond donors (Lipinski definition) is 0. The molecule has 0 saturated carbocycles.